The molecule has 5 heteroatoms. The van der Waals surface area contributed by atoms with Gasteiger partial charge in [-0.05, 0) is 19.4 Å². The zero-order valence-corrected chi connectivity index (χ0v) is 9.95. The molecule has 0 saturated carbocycles. The van der Waals surface area contributed by atoms with Gasteiger partial charge in [-0.2, -0.15) is 0 Å². The van der Waals surface area contributed by atoms with Crippen molar-refractivity contribution in [3.05, 3.63) is 23.2 Å². The van der Waals surface area contributed by atoms with E-state index in [2.05, 4.69) is 0 Å². The number of likely N-dealkylation sites (tertiary alicyclic amines) is 1. The standard InChI is InChI=1S/C11H14ClNO3/c1-11(12)7-3-4-13(2)10(16)6(7)5-8(14)9(11)15/h5,7,14-15H,3-4H2,1-2H3/t7?,11-/m1/s1. The van der Waals surface area contributed by atoms with E-state index < -0.39 is 4.87 Å². The second-order valence-corrected chi connectivity index (χ2v) is 5.26. The molecule has 88 valence electrons. The van der Waals surface area contributed by atoms with Crippen LogP contribution >= 0.6 is 11.6 Å². The quantitative estimate of drug-likeness (QED) is 0.637. The molecule has 0 aromatic carbocycles. The molecule has 0 spiro atoms. The molecule has 1 aliphatic heterocycles. The predicted octanol–water partition coefficient (Wildman–Crippen LogP) is 1.73. The highest BCUT2D eigenvalue weighted by Gasteiger charge is 2.47. The summed E-state index contributed by atoms with van der Waals surface area (Å²) in [6.07, 6.45) is 2.01. The summed E-state index contributed by atoms with van der Waals surface area (Å²) in [5.74, 6) is -0.941. The molecule has 2 rings (SSSR count). The number of piperidine rings is 1. The van der Waals surface area contributed by atoms with Crippen LogP contribution in [0.2, 0.25) is 0 Å². The van der Waals surface area contributed by atoms with E-state index >= 15 is 0 Å². The van der Waals surface area contributed by atoms with Crippen LogP contribution in [-0.2, 0) is 4.79 Å². The van der Waals surface area contributed by atoms with Crippen LogP contribution < -0.4 is 0 Å². The van der Waals surface area contributed by atoms with E-state index in [1.807, 2.05) is 0 Å². The van der Waals surface area contributed by atoms with Crippen LogP contribution in [0.1, 0.15) is 13.3 Å². The smallest absolute Gasteiger partial charge is 0.250 e. The van der Waals surface area contributed by atoms with Crippen molar-refractivity contribution in [2.24, 2.45) is 5.92 Å². The van der Waals surface area contributed by atoms with E-state index in [1.165, 1.54) is 6.08 Å². The fraction of sp³-hybridized carbons (Fsp3) is 0.545. The topological polar surface area (TPSA) is 60.8 Å². The minimum atomic E-state index is -1.09. The van der Waals surface area contributed by atoms with Crippen molar-refractivity contribution >= 4 is 17.5 Å². The van der Waals surface area contributed by atoms with Gasteiger partial charge in [-0.25, -0.2) is 0 Å². The molecule has 1 heterocycles. The van der Waals surface area contributed by atoms with E-state index in [0.29, 0.717) is 18.5 Å². The Balaban J connectivity index is 2.50. The van der Waals surface area contributed by atoms with Gasteiger partial charge in [-0.1, -0.05) is 0 Å². The second-order valence-electron chi connectivity index (χ2n) is 4.48. The van der Waals surface area contributed by atoms with Gasteiger partial charge in [-0.15, -0.1) is 11.6 Å². The zero-order valence-electron chi connectivity index (χ0n) is 9.20. The van der Waals surface area contributed by atoms with Crippen molar-refractivity contribution in [3.63, 3.8) is 0 Å². The number of fused-ring (bicyclic) bond motifs is 1. The molecule has 2 N–H and O–H groups in total. The number of aliphatic hydroxyl groups excluding tert-OH is 2. The van der Waals surface area contributed by atoms with Crippen molar-refractivity contribution in [2.45, 2.75) is 18.2 Å². The molecule has 2 aliphatic rings. The molecule has 0 radical (unpaired) electrons. The van der Waals surface area contributed by atoms with Crippen LogP contribution in [0.15, 0.2) is 23.2 Å². The minimum absolute atomic E-state index is 0.137. The van der Waals surface area contributed by atoms with E-state index in [4.69, 9.17) is 11.6 Å². The third-order valence-electron chi connectivity index (χ3n) is 3.37. The number of carbonyl (C=O) groups is 1. The normalized spacial score (nSPS) is 34.9. The van der Waals surface area contributed by atoms with Crippen LogP contribution in [0.25, 0.3) is 0 Å². The van der Waals surface area contributed by atoms with Gasteiger partial charge < -0.3 is 15.1 Å². The Morgan fingerprint density at radius 3 is 2.81 bits per heavy atom. The Hall–Kier alpha value is -1.16. The third kappa shape index (κ3) is 1.40. The fourth-order valence-corrected chi connectivity index (χ4v) is 2.63. The number of carbonyl (C=O) groups excluding carboxylic acids is 1. The molecule has 0 bridgehead atoms. The van der Waals surface area contributed by atoms with Crippen molar-refractivity contribution in [3.8, 4) is 0 Å². The van der Waals surface area contributed by atoms with Crippen LogP contribution in [0.4, 0.5) is 0 Å². The Kier molecular flexibility index (Phi) is 2.42. The summed E-state index contributed by atoms with van der Waals surface area (Å²) in [5, 5.41) is 19.3. The van der Waals surface area contributed by atoms with Gasteiger partial charge in [0.2, 0.25) is 5.91 Å². The Bertz CT molecular complexity index is 411. The number of nitrogens with zero attached hydrogens (tertiary/aromatic N) is 1. The maximum atomic E-state index is 11.9. The average Bonchev–Trinajstić information content (AvgIpc) is 2.21. The van der Waals surface area contributed by atoms with E-state index in [0.717, 1.165) is 0 Å². The van der Waals surface area contributed by atoms with Gasteiger partial charge >= 0.3 is 0 Å². The van der Waals surface area contributed by atoms with Gasteiger partial charge in [0.15, 0.2) is 11.5 Å². The van der Waals surface area contributed by atoms with Gasteiger partial charge in [-0.3, -0.25) is 4.79 Å². The lowest BCUT2D eigenvalue weighted by Gasteiger charge is -2.40. The number of halogens is 1. The lowest BCUT2D eigenvalue weighted by Crippen LogP contribution is -2.47. The van der Waals surface area contributed by atoms with Gasteiger partial charge in [0.1, 0.15) is 4.87 Å². The van der Waals surface area contributed by atoms with Crippen LogP contribution in [0.5, 0.6) is 0 Å². The molecular formula is C11H14ClNO3. The zero-order chi connectivity index (χ0) is 12.1. The first-order valence-electron chi connectivity index (χ1n) is 5.14. The minimum Gasteiger partial charge on any atom is -0.507 e. The van der Waals surface area contributed by atoms with Crippen LogP contribution in [0.3, 0.4) is 0 Å². The van der Waals surface area contributed by atoms with Crippen molar-refractivity contribution in [1.29, 1.82) is 0 Å². The maximum absolute atomic E-state index is 11.9. The lowest BCUT2D eigenvalue weighted by atomic mass is 9.76. The number of hydrogen-bond donors (Lipinski definition) is 2. The first kappa shape index (κ1) is 11.3. The highest BCUT2D eigenvalue weighted by atomic mass is 35.5. The third-order valence-corrected chi connectivity index (χ3v) is 3.82. The number of hydrogen-bond acceptors (Lipinski definition) is 3. The van der Waals surface area contributed by atoms with E-state index in [1.54, 1.807) is 18.9 Å². The monoisotopic (exact) mass is 243 g/mol. The van der Waals surface area contributed by atoms with Crippen LogP contribution in [0, 0.1) is 5.92 Å². The summed E-state index contributed by atoms with van der Waals surface area (Å²) in [4.78, 5) is 12.4. The van der Waals surface area contributed by atoms with Crippen LogP contribution in [-0.4, -0.2) is 39.5 Å². The Morgan fingerprint density at radius 1 is 1.56 bits per heavy atom. The largest absolute Gasteiger partial charge is 0.507 e. The van der Waals surface area contributed by atoms with E-state index in [-0.39, 0.29) is 23.3 Å². The molecular weight excluding hydrogens is 230 g/mol. The number of rotatable bonds is 0. The summed E-state index contributed by atoms with van der Waals surface area (Å²) >= 11 is 6.22. The highest BCUT2D eigenvalue weighted by molar-refractivity contribution is 6.26. The fourth-order valence-electron chi connectivity index (χ4n) is 2.31. The predicted molar refractivity (Wildman–Crippen MR) is 60.4 cm³/mol. The first-order valence-corrected chi connectivity index (χ1v) is 5.52. The molecule has 1 fully saturated rings. The lowest BCUT2D eigenvalue weighted by molar-refractivity contribution is -0.128. The number of allylic oxidation sites excluding steroid dienone is 2. The molecule has 1 saturated heterocycles. The summed E-state index contributed by atoms with van der Waals surface area (Å²) < 4.78 is 0. The van der Waals surface area contributed by atoms with Gasteiger partial charge in [0, 0.05) is 25.1 Å². The maximum Gasteiger partial charge on any atom is 0.250 e. The molecule has 16 heavy (non-hydrogen) atoms. The van der Waals surface area contributed by atoms with E-state index in [9.17, 15) is 15.0 Å². The Morgan fingerprint density at radius 2 is 2.19 bits per heavy atom. The first-order chi connectivity index (χ1) is 7.35. The Labute approximate surface area is 98.8 Å². The van der Waals surface area contributed by atoms with Crippen molar-refractivity contribution in [2.75, 3.05) is 13.6 Å². The van der Waals surface area contributed by atoms with Crippen molar-refractivity contribution < 1.29 is 15.0 Å². The van der Waals surface area contributed by atoms with Gasteiger partial charge in [0.05, 0.1) is 0 Å². The molecule has 4 nitrogen and oxygen atoms in total. The number of alkyl halides is 1. The summed E-state index contributed by atoms with van der Waals surface area (Å²) in [6.45, 7) is 2.23. The molecule has 0 aromatic rings. The highest BCUT2D eigenvalue weighted by Crippen LogP contribution is 2.45. The van der Waals surface area contributed by atoms with Crippen molar-refractivity contribution in [1.82, 2.24) is 4.90 Å². The average molecular weight is 244 g/mol. The number of likely N-dealkylation sites (N-methyl/N-ethyl adjacent to an activating group) is 1. The number of aliphatic hydroxyl groups is 2. The molecule has 1 unspecified atom stereocenters. The summed E-state index contributed by atoms with van der Waals surface area (Å²) in [5.41, 5.74) is 0.474. The summed E-state index contributed by atoms with van der Waals surface area (Å²) in [7, 11) is 1.71. The number of amides is 1. The molecule has 2 atom stereocenters. The second kappa shape index (κ2) is 3.42. The summed E-state index contributed by atoms with van der Waals surface area (Å²) in [6, 6.07) is 0. The molecule has 1 aliphatic carbocycles. The molecule has 0 aromatic heterocycles. The SMILES string of the molecule is CN1CCC2C(=CC(O)=C(O)[C@]2(C)Cl)C1=O. The van der Waals surface area contributed by atoms with Gasteiger partial charge in [0.25, 0.3) is 0 Å². The molecule has 1 amide bonds.